The maximum absolute atomic E-state index is 13.4. The molecule has 2 aliphatic carbocycles. The van der Waals surface area contributed by atoms with E-state index in [0.29, 0.717) is 17.6 Å². The van der Waals surface area contributed by atoms with Crippen LogP contribution in [0.25, 0.3) is 0 Å². The molecule has 0 aromatic heterocycles. The number of fused-ring (bicyclic) bond motifs is 1. The van der Waals surface area contributed by atoms with E-state index in [9.17, 15) is 4.39 Å². The highest BCUT2D eigenvalue weighted by Gasteiger charge is 2.62. The summed E-state index contributed by atoms with van der Waals surface area (Å²) in [7, 11) is 1.49. The van der Waals surface area contributed by atoms with Gasteiger partial charge in [-0.05, 0) is 42.4 Å². The molecule has 0 amide bonds. The monoisotopic (exact) mass is 235 g/mol. The molecule has 2 atom stereocenters. The lowest BCUT2D eigenvalue weighted by Gasteiger charge is -2.14. The molecule has 0 bridgehead atoms. The summed E-state index contributed by atoms with van der Waals surface area (Å²) >= 11 is 0. The molecule has 2 saturated carbocycles. The second-order valence-electron chi connectivity index (χ2n) is 5.28. The Morgan fingerprint density at radius 1 is 1.29 bits per heavy atom. The topological polar surface area (TPSA) is 35.2 Å². The minimum absolute atomic E-state index is 0.225. The molecule has 0 saturated heterocycles. The molecule has 0 heterocycles. The van der Waals surface area contributed by atoms with Crippen LogP contribution in [-0.4, -0.2) is 7.11 Å². The van der Waals surface area contributed by atoms with Gasteiger partial charge in [0.15, 0.2) is 11.6 Å². The Balaban J connectivity index is 1.94. The van der Waals surface area contributed by atoms with Crippen LogP contribution in [-0.2, 0) is 5.54 Å². The molecule has 2 nitrogen and oxygen atoms in total. The normalized spacial score (nSPS) is 35.2. The molecule has 2 fully saturated rings. The Bertz CT molecular complexity index is 434. The molecule has 1 aromatic carbocycles. The van der Waals surface area contributed by atoms with E-state index in [1.54, 1.807) is 6.07 Å². The van der Waals surface area contributed by atoms with Gasteiger partial charge in [-0.25, -0.2) is 4.39 Å². The predicted octanol–water partition coefficient (Wildman–Crippen LogP) is 2.81. The summed E-state index contributed by atoms with van der Waals surface area (Å²) in [5.74, 6) is 1.16. The van der Waals surface area contributed by atoms with Crippen molar-refractivity contribution in [1.29, 1.82) is 0 Å². The van der Waals surface area contributed by atoms with Gasteiger partial charge in [0, 0.05) is 5.54 Å². The van der Waals surface area contributed by atoms with Gasteiger partial charge < -0.3 is 10.5 Å². The lowest BCUT2D eigenvalue weighted by molar-refractivity contribution is 0.385. The Morgan fingerprint density at radius 3 is 2.53 bits per heavy atom. The number of ether oxygens (including phenoxy) is 1. The minimum atomic E-state index is -0.316. The molecule has 2 unspecified atom stereocenters. The van der Waals surface area contributed by atoms with Crippen molar-refractivity contribution in [3.63, 3.8) is 0 Å². The van der Waals surface area contributed by atoms with Crippen LogP contribution in [0.15, 0.2) is 18.2 Å². The molecular weight excluding hydrogens is 217 g/mol. The first-order valence-corrected chi connectivity index (χ1v) is 6.31. The number of rotatable bonds is 2. The zero-order valence-corrected chi connectivity index (χ0v) is 10.1. The van der Waals surface area contributed by atoms with E-state index < -0.39 is 0 Å². The Hall–Kier alpha value is -1.09. The smallest absolute Gasteiger partial charge is 0.165 e. The van der Waals surface area contributed by atoms with Crippen molar-refractivity contribution in [2.24, 2.45) is 17.6 Å². The molecular formula is C14H18FNO. The highest BCUT2D eigenvalue weighted by molar-refractivity contribution is 5.40. The van der Waals surface area contributed by atoms with Gasteiger partial charge in [0.1, 0.15) is 0 Å². The molecule has 2 N–H and O–H groups in total. The number of nitrogens with two attached hydrogens (primary N) is 1. The van der Waals surface area contributed by atoms with Gasteiger partial charge in [-0.2, -0.15) is 0 Å². The van der Waals surface area contributed by atoms with E-state index in [1.165, 1.54) is 38.9 Å². The summed E-state index contributed by atoms with van der Waals surface area (Å²) in [5.41, 5.74) is 7.32. The second kappa shape index (κ2) is 3.70. The molecule has 0 aliphatic heterocycles. The van der Waals surface area contributed by atoms with E-state index in [-0.39, 0.29) is 11.4 Å². The number of benzene rings is 1. The van der Waals surface area contributed by atoms with Crippen molar-refractivity contribution in [2.75, 3.05) is 7.11 Å². The summed E-state index contributed by atoms with van der Waals surface area (Å²) in [5, 5.41) is 0. The van der Waals surface area contributed by atoms with Crippen molar-refractivity contribution in [3.05, 3.63) is 29.6 Å². The summed E-state index contributed by atoms with van der Waals surface area (Å²) < 4.78 is 18.4. The molecule has 3 heteroatoms. The van der Waals surface area contributed by atoms with Crippen molar-refractivity contribution in [2.45, 2.75) is 31.2 Å². The van der Waals surface area contributed by atoms with Crippen LogP contribution >= 0.6 is 0 Å². The largest absolute Gasteiger partial charge is 0.494 e. The number of hydrogen-bond donors (Lipinski definition) is 1. The SMILES string of the molecule is COc1cc(C2(N)C3CCCCC32)ccc1F. The molecule has 92 valence electrons. The third-order valence-corrected chi connectivity index (χ3v) is 4.54. The zero-order valence-electron chi connectivity index (χ0n) is 10.1. The molecule has 1 aromatic rings. The lowest BCUT2D eigenvalue weighted by Crippen LogP contribution is -2.24. The van der Waals surface area contributed by atoms with E-state index >= 15 is 0 Å². The number of hydrogen-bond acceptors (Lipinski definition) is 2. The minimum Gasteiger partial charge on any atom is -0.494 e. The van der Waals surface area contributed by atoms with Crippen LogP contribution in [0.1, 0.15) is 31.2 Å². The van der Waals surface area contributed by atoms with E-state index in [1.807, 2.05) is 6.07 Å². The third-order valence-electron chi connectivity index (χ3n) is 4.54. The van der Waals surface area contributed by atoms with Gasteiger partial charge in [0.2, 0.25) is 0 Å². The second-order valence-corrected chi connectivity index (χ2v) is 5.28. The van der Waals surface area contributed by atoms with Crippen LogP contribution < -0.4 is 10.5 Å². The fraction of sp³-hybridized carbons (Fsp3) is 0.571. The first kappa shape index (κ1) is 11.0. The Labute approximate surface area is 101 Å². The van der Waals surface area contributed by atoms with E-state index in [2.05, 4.69) is 0 Å². The summed E-state index contributed by atoms with van der Waals surface area (Å²) in [6, 6.07) is 5.05. The van der Waals surface area contributed by atoms with E-state index in [0.717, 1.165) is 5.56 Å². The van der Waals surface area contributed by atoms with Gasteiger partial charge >= 0.3 is 0 Å². The van der Waals surface area contributed by atoms with Crippen LogP contribution in [0.3, 0.4) is 0 Å². The third kappa shape index (κ3) is 1.48. The van der Waals surface area contributed by atoms with Crippen LogP contribution in [0.2, 0.25) is 0 Å². The number of methoxy groups -OCH3 is 1. The average Bonchev–Trinajstić information content (AvgIpc) is 2.98. The maximum atomic E-state index is 13.4. The van der Waals surface area contributed by atoms with Crippen molar-refractivity contribution < 1.29 is 9.13 Å². The summed E-state index contributed by atoms with van der Waals surface area (Å²) in [4.78, 5) is 0. The molecule has 17 heavy (non-hydrogen) atoms. The lowest BCUT2D eigenvalue weighted by atomic mass is 10.0. The highest BCUT2D eigenvalue weighted by Crippen LogP contribution is 2.62. The van der Waals surface area contributed by atoms with Crippen LogP contribution in [0.4, 0.5) is 4.39 Å². The van der Waals surface area contributed by atoms with Gasteiger partial charge in [-0.15, -0.1) is 0 Å². The van der Waals surface area contributed by atoms with Gasteiger partial charge in [0.25, 0.3) is 0 Å². The molecule has 2 aliphatic rings. The Morgan fingerprint density at radius 2 is 1.94 bits per heavy atom. The molecule has 0 spiro atoms. The zero-order chi connectivity index (χ0) is 12.0. The standard InChI is InChI=1S/C14H18FNO/c1-17-13-8-9(6-7-12(13)15)14(16)10-4-2-3-5-11(10)14/h6-8,10-11H,2-5,16H2,1H3. The summed E-state index contributed by atoms with van der Waals surface area (Å²) in [6.45, 7) is 0. The molecule has 3 rings (SSSR count). The van der Waals surface area contributed by atoms with E-state index in [4.69, 9.17) is 10.5 Å². The predicted molar refractivity (Wildman–Crippen MR) is 64.3 cm³/mol. The fourth-order valence-electron chi connectivity index (χ4n) is 3.53. The van der Waals surface area contributed by atoms with Crippen molar-refractivity contribution in [3.8, 4) is 5.75 Å². The maximum Gasteiger partial charge on any atom is 0.165 e. The summed E-state index contributed by atoms with van der Waals surface area (Å²) in [6.07, 6.45) is 4.97. The van der Waals surface area contributed by atoms with Gasteiger partial charge in [-0.3, -0.25) is 0 Å². The van der Waals surface area contributed by atoms with Crippen molar-refractivity contribution in [1.82, 2.24) is 0 Å². The highest BCUT2D eigenvalue weighted by atomic mass is 19.1. The quantitative estimate of drug-likeness (QED) is 0.855. The Kier molecular flexibility index (Phi) is 2.40. The number of halogens is 1. The van der Waals surface area contributed by atoms with Crippen molar-refractivity contribution >= 4 is 0 Å². The fourth-order valence-corrected chi connectivity index (χ4v) is 3.53. The average molecular weight is 235 g/mol. The first-order valence-electron chi connectivity index (χ1n) is 6.31. The van der Waals surface area contributed by atoms with Gasteiger partial charge in [0.05, 0.1) is 7.11 Å². The first-order chi connectivity index (χ1) is 8.17. The van der Waals surface area contributed by atoms with Crippen LogP contribution in [0, 0.1) is 17.7 Å². The molecule has 0 radical (unpaired) electrons. The van der Waals surface area contributed by atoms with Crippen LogP contribution in [0.5, 0.6) is 5.75 Å². The van der Waals surface area contributed by atoms with Gasteiger partial charge in [-0.1, -0.05) is 18.9 Å².